The van der Waals surface area contributed by atoms with Crippen LogP contribution in [0.25, 0.3) is 0 Å². The number of halogens is 2. The van der Waals surface area contributed by atoms with Crippen LogP contribution < -0.4 is 0 Å². The average Bonchev–Trinajstić information content (AvgIpc) is 3.51. The summed E-state index contributed by atoms with van der Waals surface area (Å²) in [5.41, 5.74) is 1.49. The van der Waals surface area contributed by atoms with Crippen molar-refractivity contribution in [3.8, 4) is 0 Å². The molecule has 0 spiro atoms. The summed E-state index contributed by atoms with van der Waals surface area (Å²) >= 11 is -0.826. The van der Waals surface area contributed by atoms with Gasteiger partial charge in [0.2, 0.25) is 0 Å². The van der Waals surface area contributed by atoms with Gasteiger partial charge in [-0.3, -0.25) is 0 Å². The summed E-state index contributed by atoms with van der Waals surface area (Å²) in [6.45, 7) is 3.78. The molecule has 0 heterocycles. The molecule has 0 saturated heterocycles. The van der Waals surface area contributed by atoms with Gasteiger partial charge in [-0.1, -0.05) is 91.4 Å². The molecule has 3 heteroatoms. The molecule has 2 saturated carbocycles. The molecule has 0 N–H and O–H groups in total. The standard InChI is InChI=1S/C17H20.C15H22.2CH3.2ClH.Zr/c1-2-6-14(7-3-1)10-11-15-12-16-8-4-5-9-17(16)13-15;1-2-3-4-5-8-13-11-12-14-9-6-7-10-15(13)14;;;;;/h1-9,15-17H,10-13H2;2,6-7,9-10,13-15H,1,3-5,8,11-12H2;2*1H3;2*1H;/q;;2*-1;;;+4/p-2. The van der Waals surface area contributed by atoms with Crippen molar-refractivity contribution >= 4 is 17.0 Å². The Morgan fingerprint density at radius 3 is 2.00 bits per heavy atom. The number of rotatable bonds is 8. The molecule has 0 aliphatic heterocycles. The van der Waals surface area contributed by atoms with Gasteiger partial charge in [0.05, 0.1) is 0 Å². The zero-order valence-electron chi connectivity index (χ0n) is 23.1. The summed E-state index contributed by atoms with van der Waals surface area (Å²) in [5.74, 6) is 5.28. The SMILES string of the molecule is C1=CC2CC(CCc3ccccc3)CC2C=C1.C=CCCCCC1CCC2C=CC=CC21.[CH3-].[CH3-].[Cl][Zr+2][Cl]. The van der Waals surface area contributed by atoms with Crippen molar-refractivity contribution in [3.63, 3.8) is 0 Å². The molecule has 0 bridgehead atoms. The molecule has 37 heavy (non-hydrogen) atoms. The van der Waals surface area contributed by atoms with E-state index in [2.05, 4.69) is 85.5 Å². The molecular weight excluding hydrogens is 571 g/mol. The van der Waals surface area contributed by atoms with Crippen LogP contribution in [0.15, 0.2) is 91.6 Å². The third kappa shape index (κ3) is 12.0. The van der Waals surface area contributed by atoms with Gasteiger partial charge in [-0.2, -0.15) is 0 Å². The van der Waals surface area contributed by atoms with Crippen molar-refractivity contribution in [2.24, 2.45) is 35.5 Å². The number of hydrogen-bond acceptors (Lipinski definition) is 0. The van der Waals surface area contributed by atoms with Crippen LogP contribution in [0.2, 0.25) is 0 Å². The molecule has 1 aromatic rings. The van der Waals surface area contributed by atoms with Gasteiger partial charge in [-0.05, 0) is 98.9 Å². The maximum atomic E-state index is 4.93. The van der Waals surface area contributed by atoms with Gasteiger partial charge >= 0.3 is 37.9 Å². The van der Waals surface area contributed by atoms with Crippen molar-refractivity contribution in [3.05, 3.63) is 112 Å². The zero-order valence-corrected chi connectivity index (χ0v) is 27.1. The van der Waals surface area contributed by atoms with Crippen LogP contribution in [-0.2, 0) is 27.3 Å². The first-order chi connectivity index (χ1) is 17.2. The molecule has 2 fully saturated rings. The molecule has 1 aromatic carbocycles. The topological polar surface area (TPSA) is 0 Å². The first kappa shape index (κ1) is 34.4. The van der Waals surface area contributed by atoms with Crippen LogP contribution in [0.3, 0.4) is 0 Å². The normalized spacial score (nSPS) is 27.6. The van der Waals surface area contributed by atoms with Crippen molar-refractivity contribution in [1.29, 1.82) is 0 Å². The Hall–Kier alpha value is -0.617. The van der Waals surface area contributed by atoms with E-state index in [1.807, 2.05) is 6.08 Å². The Balaban J connectivity index is 0.000000321. The number of unbranched alkanes of at least 4 members (excludes halogenated alkanes) is 2. The second-order valence-electron chi connectivity index (χ2n) is 10.5. The third-order valence-corrected chi connectivity index (χ3v) is 8.22. The van der Waals surface area contributed by atoms with Crippen LogP contribution in [0.5, 0.6) is 0 Å². The van der Waals surface area contributed by atoms with E-state index in [4.69, 9.17) is 17.0 Å². The summed E-state index contributed by atoms with van der Waals surface area (Å²) in [6, 6.07) is 10.9. The Morgan fingerprint density at radius 1 is 0.784 bits per heavy atom. The van der Waals surface area contributed by atoms with Crippen LogP contribution in [0.1, 0.15) is 63.4 Å². The molecule has 202 valence electrons. The second-order valence-corrected chi connectivity index (χ2v) is 14.2. The minimum atomic E-state index is -0.826. The maximum absolute atomic E-state index is 4.93. The Kier molecular flexibility index (Phi) is 18.9. The number of fused-ring (bicyclic) bond motifs is 2. The van der Waals surface area contributed by atoms with Gasteiger partial charge in [0.15, 0.2) is 0 Å². The Labute approximate surface area is 248 Å². The van der Waals surface area contributed by atoms with E-state index in [-0.39, 0.29) is 14.9 Å². The van der Waals surface area contributed by atoms with Gasteiger partial charge in [0.25, 0.3) is 0 Å². The van der Waals surface area contributed by atoms with Crippen molar-refractivity contribution in [1.82, 2.24) is 0 Å². The summed E-state index contributed by atoms with van der Waals surface area (Å²) in [6.07, 6.45) is 34.2. The summed E-state index contributed by atoms with van der Waals surface area (Å²) in [4.78, 5) is 0. The molecule has 0 radical (unpaired) electrons. The second kappa shape index (κ2) is 20.3. The first-order valence-corrected chi connectivity index (χ1v) is 19.9. The predicted octanol–water partition coefficient (Wildman–Crippen LogP) is 11.2. The van der Waals surface area contributed by atoms with Gasteiger partial charge < -0.3 is 14.9 Å². The van der Waals surface area contributed by atoms with E-state index in [1.54, 1.807) is 0 Å². The monoisotopic (exact) mass is 616 g/mol. The molecule has 5 rings (SSSR count). The molecule has 5 atom stereocenters. The molecule has 5 unspecified atom stereocenters. The van der Waals surface area contributed by atoms with E-state index in [9.17, 15) is 0 Å². The average molecular weight is 619 g/mol. The van der Waals surface area contributed by atoms with Crippen molar-refractivity contribution in [2.75, 3.05) is 0 Å². The fraction of sp³-hybridized carbons (Fsp3) is 0.471. The van der Waals surface area contributed by atoms with Crippen LogP contribution >= 0.6 is 17.0 Å². The fourth-order valence-electron chi connectivity index (χ4n) is 6.42. The van der Waals surface area contributed by atoms with Crippen molar-refractivity contribution in [2.45, 2.75) is 64.2 Å². The molecule has 0 aromatic heterocycles. The molecule has 0 nitrogen and oxygen atoms in total. The van der Waals surface area contributed by atoms with E-state index in [1.165, 1.54) is 69.8 Å². The molecule has 0 amide bonds. The fourth-order valence-corrected chi connectivity index (χ4v) is 6.42. The number of benzene rings is 1. The quantitative estimate of drug-likeness (QED) is 0.154. The number of allylic oxidation sites excluding steroid dienone is 9. The summed E-state index contributed by atoms with van der Waals surface area (Å²) in [5, 5.41) is 0. The van der Waals surface area contributed by atoms with E-state index in [0.29, 0.717) is 0 Å². The van der Waals surface area contributed by atoms with Crippen LogP contribution in [0, 0.1) is 50.4 Å². The minimum absolute atomic E-state index is 0. The summed E-state index contributed by atoms with van der Waals surface area (Å²) < 4.78 is 0. The number of aryl methyl sites for hydroxylation is 1. The third-order valence-electron chi connectivity index (χ3n) is 8.22. The number of hydrogen-bond donors (Lipinski definition) is 0. The first-order valence-electron chi connectivity index (χ1n) is 13.6. The predicted molar refractivity (Wildman–Crippen MR) is 164 cm³/mol. The zero-order chi connectivity index (χ0) is 24.7. The molecular formula is C34H48Cl2Zr. The van der Waals surface area contributed by atoms with Gasteiger partial charge in [-0.25, -0.2) is 0 Å². The Bertz CT molecular complexity index is 821. The van der Waals surface area contributed by atoms with Crippen molar-refractivity contribution < 1.29 is 20.8 Å². The van der Waals surface area contributed by atoms with Crippen LogP contribution in [0.4, 0.5) is 0 Å². The van der Waals surface area contributed by atoms with E-state index >= 15 is 0 Å². The van der Waals surface area contributed by atoms with Gasteiger partial charge in [0, 0.05) is 0 Å². The van der Waals surface area contributed by atoms with E-state index < -0.39 is 20.8 Å². The van der Waals surface area contributed by atoms with Gasteiger partial charge in [-0.15, -0.1) is 6.58 Å². The Morgan fingerprint density at radius 2 is 1.38 bits per heavy atom. The molecule has 4 aliphatic carbocycles. The van der Waals surface area contributed by atoms with Gasteiger partial charge in [0.1, 0.15) is 0 Å². The van der Waals surface area contributed by atoms with Crippen LogP contribution in [-0.4, -0.2) is 0 Å². The van der Waals surface area contributed by atoms with E-state index in [0.717, 1.165) is 35.5 Å². The molecule has 4 aliphatic rings. The summed E-state index contributed by atoms with van der Waals surface area (Å²) in [7, 11) is 9.87.